The summed E-state index contributed by atoms with van der Waals surface area (Å²) in [4.78, 5) is 14.2. The highest BCUT2D eigenvalue weighted by atomic mass is 16.6. The van der Waals surface area contributed by atoms with E-state index >= 15 is 0 Å². The second kappa shape index (κ2) is 7.45. The number of carbonyl (C=O) groups excluding carboxylic acids is 1. The molecule has 1 saturated heterocycles. The predicted molar refractivity (Wildman–Crippen MR) is 84.5 cm³/mol. The average molecular weight is 297 g/mol. The second-order valence-electron chi connectivity index (χ2n) is 7.37. The molecule has 1 aliphatic carbocycles. The van der Waals surface area contributed by atoms with Crippen molar-refractivity contribution in [2.24, 2.45) is 0 Å². The van der Waals surface area contributed by atoms with Gasteiger partial charge in [-0.25, -0.2) is 4.79 Å². The van der Waals surface area contributed by atoms with Crippen molar-refractivity contribution < 1.29 is 9.53 Å². The smallest absolute Gasteiger partial charge is 0.407 e. The van der Waals surface area contributed by atoms with Crippen molar-refractivity contribution in [2.75, 3.05) is 26.2 Å². The van der Waals surface area contributed by atoms with Crippen LogP contribution in [0, 0.1) is 0 Å². The van der Waals surface area contributed by atoms with E-state index in [-0.39, 0.29) is 12.1 Å². The summed E-state index contributed by atoms with van der Waals surface area (Å²) < 4.78 is 5.26. The maximum absolute atomic E-state index is 11.6. The lowest BCUT2D eigenvalue weighted by Crippen LogP contribution is -2.54. The molecule has 0 radical (unpaired) electrons. The number of hydrogen-bond acceptors (Lipinski definition) is 4. The standard InChI is InChI=1S/C16H31N3O2/c1-16(2,3)21-15(20)18-14-11-13(12-14)17-7-10-19-8-5-4-6-9-19/h13-14,17H,4-12H2,1-3H3,(H,18,20). The summed E-state index contributed by atoms with van der Waals surface area (Å²) in [6.45, 7) is 10.4. The molecule has 2 N–H and O–H groups in total. The number of piperidine rings is 1. The van der Waals surface area contributed by atoms with Gasteiger partial charge in [0.15, 0.2) is 0 Å². The number of rotatable bonds is 5. The molecule has 5 heteroatoms. The highest BCUT2D eigenvalue weighted by Crippen LogP contribution is 2.20. The number of carbonyl (C=O) groups is 1. The lowest BCUT2D eigenvalue weighted by molar-refractivity contribution is 0.0465. The van der Waals surface area contributed by atoms with E-state index in [1.54, 1.807) is 0 Å². The molecule has 0 aromatic heterocycles. The Morgan fingerprint density at radius 3 is 2.43 bits per heavy atom. The molecule has 0 aromatic rings. The molecule has 1 heterocycles. The first kappa shape index (κ1) is 16.6. The third kappa shape index (κ3) is 6.22. The molecule has 1 saturated carbocycles. The van der Waals surface area contributed by atoms with Crippen molar-refractivity contribution in [3.63, 3.8) is 0 Å². The number of ether oxygens (including phenoxy) is 1. The summed E-state index contributed by atoms with van der Waals surface area (Å²) in [7, 11) is 0. The molecule has 0 aromatic carbocycles. The fourth-order valence-electron chi connectivity index (χ4n) is 2.99. The molecule has 0 unspecified atom stereocenters. The SMILES string of the molecule is CC(C)(C)OC(=O)NC1CC(NCCN2CCCCC2)C1. The van der Waals surface area contributed by atoms with E-state index in [9.17, 15) is 4.79 Å². The van der Waals surface area contributed by atoms with Gasteiger partial charge in [0.25, 0.3) is 0 Å². The first-order chi connectivity index (χ1) is 9.92. The van der Waals surface area contributed by atoms with Gasteiger partial charge >= 0.3 is 6.09 Å². The van der Waals surface area contributed by atoms with Gasteiger partial charge in [-0.15, -0.1) is 0 Å². The van der Waals surface area contributed by atoms with Gasteiger partial charge in [-0.1, -0.05) is 6.42 Å². The summed E-state index contributed by atoms with van der Waals surface area (Å²) in [5.74, 6) is 0. The van der Waals surface area contributed by atoms with Crippen LogP contribution in [0.3, 0.4) is 0 Å². The maximum Gasteiger partial charge on any atom is 0.407 e. The van der Waals surface area contributed by atoms with Crippen LogP contribution in [0.25, 0.3) is 0 Å². The summed E-state index contributed by atoms with van der Waals surface area (Å²) in [5.41, 5.74) is -0.417. The van der Waals surface area contributed by atoms with Crippen molar-refractivity contribution in [3.05, 3.63) is 0 Å². The summed E-state index contributed by atoms with van der Waals surface area (Å²) in [6.07, 6.45) is 5.83. The largest absolute Gasteiger partial charge is 0.444 e. The third-order valence-electron chi connectivity index (χ3n) is 4.17. The Hall–Kier alpha value is -0.810. The van der Waals surface area contributed by atoms with Crippen LogP contribution in [-0.2, 0) is 4.74 Å². The van der Waals surface area contributed by atoms with Gasteiger partial charge in [-0.3, -0.25) is 0 Å². The Balaban J connectivity index is 1.50. The quantitative estimate of drug-likeness (QED) is 0.816. The van der Waals surface area contributed by atoms with Gasteiger partial charge < -0.3 is 20.3 Å². The van der Waals surface area contributed by atoms with Crippen LogP contribution in [0.15, 0.2) is 0 Å². The number of alkyl carbamates (subject to hydrolysis) is 1. The van der Waals surface area contributed by atoms with Gasteiger partial charge in [0.05, 0.1) is 0 Å². The molecule has 2 fully saturated rings. The molecule has 21 heavy (non-hydrogen) atoms. The Morgan fingerprint density at radius 1 is 1.14 bits per heavy atom. The summed E-state index contributed by atoms with van der Waals surface area (Å²) in [5, 5.41) is 6.52. The number of hydrogen-bond donors (Lipinski definition) is 2. The first-order valence-corrected chi connectivity index (χ1v) is 8.37. The molecule has 0 spiro atoms. The van der Waals surface area contributed by atoms with Crippen LogP contribution >= 0.6 is 0 Å². The van der Waals surface area contributed by atoms with Crippen molar-refractivity contribution in [3.8, 4) is 0 Å². The summed E-state index contributed by atoms with van der Waals surface area (Å²) >= 11 is 0. The predicted octanol–water partition coefficient (Wildman–Crippen LogP) is 2.12. The fourth-order valence-corrected chi connectivity index (χ4v) is 2.99. The van der Waals surface area contributed by atoms with Crippen LogP contribution in [-0.4, -0.2) is 54.9 Å². The van der Waals surface area contributed by atoms with E-state index in [2.05, 4.69) is 15.5 Å². The van der Waals surface area contributed by atoms with Crippen LogP contribution in [0.2, 0.25) is 0 Å². The van der Waals surface area contributed by atoms with E-state index in [0.717, 1.165) is 25.9 Å². The second-order valence-corrected chi connectivity index (χ2v) is 7.37. The molecular formula is C16H31N3O2. The third-order valence-corrected chi connectivity index (χ3v) is 4.17. The number of likely N-dealkylation sites (tertiary alicyclic amines) is 1. The normalized spacial score (nSPS) is 27.0. The first-order valence-electron chi connectivity index (χ1n) is 8.37. The molecular weight excluding hydrogens is 266 g/mol. The molecule has 0 bridgehead atoms. The van der Waals surface area contributed by atoms with E-state index < -0.39 is 5.60 Å². The lowest BCUT2D eigenvalue weighted by Gasteiger charge is -2.37. The van der Waals surface area contributed by atoms with Gasteiger partial charge in [0.2, 0.25) is 0 Å². The van der Waals surface area contributed by atoms with Crippen molar-refractivity contribution >= 4 is 6.09 Å². The number of nitrogens with one attached hydrogen (secondary N) is 2. The van der Waals surface area contributed by atoms with Crippen molar-refractivity contribution in [1.29, 1.82) is 0 Å². The molecule has 5 nitrogen and oxygen atoms in total. The zero-order valence-corrected chi connectivity index (χ0v) is 13.8. The zero-order valence-electron chi connectivity index (χ0n) is 13.8. The fraction of sp³-hybridized carbons (Fsp3) is 0.938. The van der Waals surface area contributed by atoms with Gasteiger partial charge in [0, 0.05) is 25.2 Å². The monoisotopic (exact) mass is 297 g/mol. The molecule has 1 amide bonds. The molecule has 2 aliphatic rings. The van der Waals surface area contributed by atoms with Gasteiger partial charge in [0.1, 0.15) is 5.60 Å². The van der Waals surface area contributed by atoms with Crippen LogP contribution in [0.4, 0.5) is 4.79 Å². The highest BCUT2D eigenvalue weighted by molar-refractivity contribution is 5.68. The maximum atomic E-state index is 11.6. The minimum Gasteiger partial charge on any atom is -0.444 e. The van der Waals surface area contributed by atoms with E-state index in [1.807, 2.05) is 20.8 Å². The molecule has 0 atom stereocenters. The minimum absolute atomic E-state index is 0.271. The van der Waals surface area contributed by atoms with Crippen molar-refractivity contribution in [2.45, 2.75) is 70.6 Å². The van der Waals surface area contributed by atoms with Crippen LogP contribution in [0.1, 0.15) is 52.9 Å². The number of amides is 1. The van der Waals surface area contributed by atoms with Gasteiger partial charge in [-0.2, -0.15) is 0 Å². The van der Waals surface area contributed by atoms with Gasteiger partial charge in [-0.05, 0) is 59.5 Å². The lowest BCUT2D eigenvalue weighted by atomic mass is 9.87. The zero-order chi connectivity index (χ0) is 15.3. The Morgan fingerprint density at radius 2 is 1.81 bits per heavy atom. The average Bonchev–Trinajstić information content (AvgIpc) is 2.34. The van der Waals surface area contributed by atoms with Crippen molar-refractivity contribution in [1.82, 2.24) is 15.5 Å². The minimum atomic E-state index is -0.417. The number of nitrogens with zero attached hydrogens (tertiary/aromatic N) is 1. The van der Waals surface area contributed by atoms with Crippen LogP contribution < -0.4 is 10.6 Å². The van der Waals surface area contributed by atoms with Crippen LogP contribution in [0.5, 0.6) is 0 Å². The highest BCUT2D eigenvalue weighted by Gasteiger charge is 2.31. The summed E-state index contributed by atoms with van der Waals surface area (Å²) in [6, 6.07) is 0.821. The topological polar surface area (TPSA) is 53.6 Å². The van der Waals surface area contributed by atoms with E-state index in [1.165, 1.54) is 32.4 Å². The molecule has 122 valence electrons. The Labute approximate surface area is 128 Å². The molecule has 2 rings (SSSR count). The van der Waals surface area contributed by atoms with E-state index in [0.29, 0.717) is 6.04 Å². The van der Waals surface area contributed by atoms with E-state index in [4.69, 9.17) is 4.74 Å². The Kier molecular flexibility index (Phi) is 5.88. The Bertz CT molecular complexity index is 329. The molecule has 1 aliphatic heterocycles.